The second-order valence-electron chi connectivity index (χ2n) is 5.63. The number of imidazole rings is 1. The minimum atomic E-state index is -0.407. The smallest absolute Gasteiger partial charge is 0.242 e. The molecule has 0 fully saturated rings. The number of rotatable bonds is 7. The van der Waals surface area contributed by atoms with E-state index >= 15 is 0 Å². The first-order valence-electron chi connectivity index (χ1n) is 8.39. The number of methoxy groups -OCH3 is 1. The second-order valence-corrected chi connectivity index (χ2v) is 6.70. The van der Waals surface area contributed by atoms with E-state index in [1.165, 1.54) is 11.8 Å². The molecule has 0 saturated heterocycles. The molecule has 1 aromatic heterocycles. The van der Waals surface area contributed by atoms with E-state index in [1.54, 1.807) is 19.4 Å². The summed E-state index contributed by atoms with van der Waals surface area (Å²) >= 11 is 1.45. The van der Waals surface area contributed by atoms with Crippen LogP contribution in [0.25, 0.3) is 0 Å². The summed E-state index contributed by atoms with van der Waals surface area (Å²) in [6, 6.07) is 17.1. The minimum absolute atomic E-state index is 0.0971. The van der Waals surface area contributed by atoms with Crippen LogP contribution in [0.3, 0.4) is 0 Å². The zero-order valence-electron chi connectivity index (χ0n) is 14.8. The average Bonchev–Trinajstić information content (AvgIpc) is 3.14. The first-order chi connectivity index (χ1) is 12.7. The van der Waals surface area contributed by atoms with Gasteiger partial charge in [-0.15, -0.1) is 0 Å². The molecule has 3 rings (SSSR count). The maximum atomic E-state index is 13.0. The molecule has 3 aromatic rings. The molecule has 134 valence electrons. The van der Waals surface area contributed by atoms with Crippen LogP contribution in [0.5, 0.6) is 5.75 Å². The van der Waals surface area contributed by atoms with Crippen molar-refractivity contribution >= 4 is 23.4 Å². The van der Waals surface area contributed by atoms with Crippen molar-refractivity contribution in [3.05, 3.63) is 72.6 Å². The molecule has 0 aliphatic rings. The lowest BCUT2D eigenvalue weighted by atomic mass is 10.1. The molecule has 0 bridgehead atoms. The number of carbonyl (C=O) groups excluding carboxylic acids is 1. The van der Waals surface area contributed by atoms with E-state index < -0.39 is 5.25 Å². The maximum Gasteiger partial charge on any atom is 0.242 e. The van der Waals surface area contributed by atoms with Gasteiger partial charge in [-0.3, -0.25) is 4.79 Å². The molecular formula is C20H21N3O2S. The van der Waals surface area contributed by atoms with Gasteiger partial charge in [0.2, 0.25) is 5.91 Å². The van der Waals surface area contributed by atoms with Crippen molar-refractivity contribution in [1.82, 2.24) is 9.55 Å². The third kappa shape index (κ3) is 4.26. The van der Waals surface area contributed by atoms with Crippen LogP contribution in [0, 0.1) is 0 Å². The Bertz CT molecular complexity index is 864. The number of nitrogens with one attached hydrogen (secondary N) is 1. The van der Waals surface area contributed by atoms with Crippen molar-refractivity contribution < 1.29 is 9.53 Å². The van der Waals surface area contributed by atoms with Crippen molar-refractivity contribution in [1.29, 1.82) is 0 Å². The van der Waals surface area contributed by atoms with Crippen molar-refractivity contribution in [2.75, 3.05) is 12.4 Å². The fourth-order valence-corrected chi connectivity index (χ4v) is 3.69. The van der Waals surface area contributed by atoms with Gasteiger partial charge in [0, 0.05) is 30.7 Å². The first-order valence-corrected chi connectivity index (χ1v) is 9.27. The molecule has 2 aromatic carbocycles. The molecule has 5 nitrogen and oxygen atoms in total. The highest BCUT2D eigenvalue weighted by Crippen LogP contribution is 2.35. The van der Waals surface area contributed by atoms with Gasteiger partial charge in [0.25, 0.3) is 0 Å². The second kappa shape index (κ2) is 8.58. The lowest BCUT2D eigenvalue weighted by Gasteiger charge is -2.17. The number of ether oxygens (including phenoxy) is 1. The maximum absolute atomic E-state index is 13.0. The van der Waals surface area contributed by atoms with E-state index in [4.69, 9.17) is 4.74 Å². The molecular weight excluding hydrogens is 346 g/mol. The Labute approximate surface area is 157 Å². The van der Waals surface area contributed by atoms with Gasteiger partial charge < -0.3 is 14.6 Å². The van der Waals surface area contributed by atoms with Crippen LogP contribution < -0.4 is 10.1 Å². The summed E-state index contributed by atoms with van der Waals surface area (Å²) in [5.74, 6) is 0.605. The van der Waals surface area contributed by atoms with Crippen molar-refractivity contribution in [2.45, 2.75) is 23.9 Å². The molecule has 0 aliphatic carbocycles. The molecule has 0 radical (unpaired) electrons. The number of carbonyl (C=O) groups is 1. The van der Waals surface area contributed by atoms with Crippen LogP contribution >= 0.6 is 11.8 Å². The monoisotopic (exact) mass is 367 g/mol. The quantitative estimate of drug-likeness (QED) is 0.630. The van der Waals surface area contributed by atoms with Crippen LogP contribution in [-0.4, -0.2) is 22.6 Å². The predicted octanol–water partition coefficient (Wildman–Crippen LogP) is 4.38. The molecule has 26 heavy (non-hydrogen) atoms. The van der Waals surface area contributed by atoms with E-state index in [1.807, 2.05) is 59.3 Å². The molecule has 1 amide bonds. The van der Waals surface area contributed by atoms with Gasteiger partial charge >= 0.3 is 0 Å². The highest BCUT2D eigenvalue weighted by molar-refractivity contribution is 8.00. The Hall–Kier alpha value is -2.73. The molecule has 1 heterocycles. The Morgan fingerprint density at radius 1 is 1.23 bits per heavy atom. The number of amides is 1. The van der Waals surface area contributed by atoms with Gasteiger partial charge in [0.15, 0.2) is 5.16 Å². The lowest BCUT2D eigenvalue weighted by molar-refractivity contribution is -0.115. The number of hydrogen-bond acceptors (Lipinski definition) is 4. The molecule has 1 atom stereocenters. The van der Waals surface area contributed by atoms with Gasteiger partial charge in [-0.25, -0.2) is 4.98 Å². The SMILES string of the molecule is CCn1ccnc1SC(C(=O)Nc1cccc(OC)c1)c1ccccc1. The zero-order valence-corrected chi connectivity index (χ0v) is 15.6. The molecule has 1 N–H and O–H groups in total. The lowest BCUT2D eigenvalue weighted by Crippen LogP contribution is -2.19. The molecule has 1 unspecified atom stereocenters. The summed E-state index contributed by atoms with van der Waals surface area (Å²) in [5.41, 5.74) is 1.64. The van der Waals surface area contributed by atoms with E-state index in [9.17, 15) is 4.79 Å². The van der Waals surface area contributed by atoms with Crippen LogP contribution in [-0.2, 0) is 11.3 Å². The van der Waals surface area contributed by atoms with Gasteiger partial charge in [-0.2, -0.15) is 0 Å². The Morgan fingerprint density at radius 2 is 2.04 bits per heavy atom. The molecule has 0 spiro atoms. The van der Waals surface area contributed by atoms with E-state index in [2.05, 4.69) is 17.2 Å². The van der Waals surface area contributed by atoms with Crippen LogP contribution in [0.1, 0.15) is 17.7 Å². The van der Waals surface area contributed by atoms with Crippen LogP contribution in [0.2, 0.25) is 0 Å². The number of thioether (sulfide) groups is 1. The van der Waals surface area contributed by atoms with Crippen LogP contribution in [0.15, 0.2) is 72.1 Å². The number of hydrogen-bond donors (Lipinski definition) is 1. The Morgan fingerprint density at radius 3 is 2.77 bits per heavy atom. The van der Waals surface area contributed by atoms with Gasteiger partial charge in [0.1, 0.15) is 11.0 Å². The third-order valence-corrected chi connectivity index (χ3v) is 5.19. The highest BCUT2D eigenvalue weighted by Gasteiger charge is 2.24. The van der Waals surface area contributed by atoms with E-state index in [0.717, 1.165) is 17.3 Å². The van der Waals surface area contributed by atoms with Crippen LogP contribution in [0.4, 0.5) is 5.69 Å². The Balaban J connectivity index is 1.86. The molecule has 0 saturated carbocycles. The highest BCUT2D eigenvalue weighted by atomic mass is 32.2. The summed E-state index contributed by atoms with van der Waals surface area (Å²) in [6.07, 6.45) is 3.68. The van der Waals surface area contributed by atoms with Crippen molar-refractivity contribution in [3.63, 3.8) is 0 Å². The van der Waals surface area contributed by atoms with E-state index in [-0.39, 0.29) is 5.91 Å². The summed E-state index contributed by atoms with van der Waals surface area (Å²) in [7, 11) is 1.61. The normalized spacial score (nSPS) is 11.8. The van der Waals surface area contributed by atoms with Gasteiger partial charge in [-0.05, 0) is 24.6 Å². The third-order valence-electron chi connectivity index (χ3n) is 3.92. The van der Waals surface area contributed by atoms with Gasteiger partial charge in [0.05, 0.1) is 7.11 Å². The first kappa shape index (κ1) is 18.1. The topological polar surface area (TPSA) is 56.2 Å². The van der Waals surface area contributed by atoms with Crippen molar-refractivity contribution in [3.8, 4) is 5.75 Å². The number of aryl methyl sites for hydroxylation is 1. The fraction of sp³-hybridized carbons (Fsp3) is 0.200. The largest absolute Gasteiger partial charge is 0.497 e. The Kier molecular flexibility index (Phi) is 5.96. The van der Waals surface area contributed by atoms with Crippen molar-refractivity contribution in [2.24, 2.45) is 0 Å². The van der Waals surface area contributed by atoms with E-state index in [0.29, 0.717) is 11.4 Å². The summed E-state index contributed by atoms with van der Waals surface area (Å²) < 4.78 is 7.25. The zero-order chi connectivity index (χ0) is 18.4. The summed E-state index contributed by atoms with van der Waals surface area (Å²) in [4.78, 5) is 17.4. The molecule has 0 aliphatic heterocycles. The predicted molar refractivity (Wildman–Crippen MR) is 105 cm³/mol. The standard InChI is InChI=1S/C20H21N3O2S/c1-3-23-13-12-21-20(23)26-18(15-8-5-4-6-9-15)19(24)22-16-10-7-11-17(14-16)25-2/h4-14,18H,3H2,1-2H3,(H,22,24). The summed E-state index contributed by atoms with van der Waals surface area (Å²) in [5, 5.41) is 3.40. The number of anilines is 1. The number of nitrogens with zero attached hydrogens (tertiary/aromatic N) is 2. The number of benzene rings is 2. The van der Waals surface area contributed by atoms with Gasteiger partial charge in [-0.1, -0.05) is 48.2 Å². The molecule has 6 heteroatoms. The average molecular weight is 367 g/mol. The number of aromatic nitrogens is 2. The summed E-state index contributed by atoms with van der Waals surface area (Å²) in [6.45, 7) is 2.86. The fourth-order valence-electron chi connectivity index (χ4n) is 2.57. The minimum Gasteiger partial charge on any atom is -0.497 e.